The monoisotopic (exact) mass is 414 g/mol. The third kappa shape index (κ3) is 3.44. The Balaban J connectivity index is 1.73. The van der Waals surface area contributed by atoms with Crippen molar-refractivity contribution in [2.24, 2.45) is 5.41 Å². The van der Waals surface area contributed by atoms with Crippen molar-refractivity contribution in [3.63, 3.8) is 0 Å². The number of fused-ring (bicyclic) bond motifs is 1. The highest BCUT2D eigenvalue weighted by Crippen LogP contribution is 2.50. The molecule has 2 aliphatic rings. The quantitative estimate of drug-likeness (QED) is 0.609. The van der Waals surface area contributed by atoms with Gasteiger partial charge in [0.05, 0.1) is 29.1 Å². The first-order valence-corrected chi connectivity index (χ1v) is 9.71. The zero-order valence-corrected chi connectivity index (χ0v) is 16.9. The largest absolute Gasteiger partial charge is 0.493 e. The van der Waals surface area contributed by atoms with E-state index in [0.29, 0.717) is 36.3 Å². The predicted molar refractivity (Wildman–Crippen MR) is 108 cm³/mol. The zero-order valence-electron chi connectivity index (χ0n) is 18.9. The van der Waals surface area contributed by atoms with Gasteiger partial charge in [-0.2, -0.15) is 0 Å². The van der Waals surface area contributed by atoms with E-state index in [1.807, 2.05) is 6.07 Å². The summed E-state index contributed by atoms with van der Waals surface area (Å²) in [4.78, 5) is 24.2. The van der Waals surface area contributed by atoms with E-state index in [9.17, 15) is 9.59 Å². The van der Waals surface area contributed by atoms with Crippen LogP contribution in [0.4, 0.5) is 0 Å². The SMILES string of the molecule is [2H]C([2H])Oc1ccc(-c2ccc3c(c2)COC3=O)c(OCC2(C(=O)OCC)CC2)c1OC. The lowest BCUT2D eigenvalue weighted by atomic mass is 9.99. The summed E-state index contributed by atoms with van der Waals surface area (Å²) in [5, 5.41) is 0. The summed E-state index contributed by atoms with van der Waals surface area (Å²) in [6.45, 7) is 2.35. The molecule has 0 aromatic heterocycles. The number of carbonyl (C=O) groups is 2. The predicted octanol–water partition coefficient (Wildman–Crippen LogP) is 3.76. The summed E-state index contributed by atoms with van der Waals surface area (Å²) < 4.78 is 42.1. The average Bonchev–Trinajstić information content (AvgIpc) is 3.48. The summed E-state index contributed by atoms with van der Waals surface area (Å²) >= 11 is 0. The molecule has 1 heterocycles. The molecular weight excluding hydrogens is 388 g/mol. The van der Waals surface area contributed by atoms with Crippen LogP contribution in [0.25, 0.3) is 11.1 Å². The van der Waals surface area contributed by atoms with Crippen molar-refractivity contribution in [1.29, 1.82) is 0 Å². The molecular formula is C23H24O7. The van der Waals surface area contributed by atoms with E-state index in [4.69, 9.17) is 26.4 Å². The van der Waals surface area contributed by atoms with Crippen molar-refractivity contribution in [2.75, 3.05) is 27.4 Å². The van der Waals surface area contributed by atoms with Crippen molar-refractivity contribution in [1.82, 2.24) is 0 Å². The van der Waals surface area contributed by atoms with Crippen LogP contribution in [0.3, 0.4) is 0 Å². The zero-order chi connectivity index (χ0) is 22.9. The Morgan fingerprint density at radius 1 is 1.17 bits per heavy atom. The average molecular weight is 414 g/mol. The van der Waals surface area contributed by atoms with Crippen LogP contribution < -0.4 is 14.2 Å². The van der Waals surface area contributed by atoms with Gasteiger partial charge in [0, 0.05) is 11.1 Å². The fraction of sp³-hybridized carbons (Fsp3) is 0.391. The molecule has 1 saturated carbocycles. The maximum atomic E-state index is 12.4. The fourth-order valence-corrected chi connectivity index (χ4v) is 3.55. The van der Waals surface area contributed by atoms with Crippen LogP contribution in [0.5, 0.6) is 17.2 Å². The maximum Gasteiger partial charge on any atom is 0.338 e. The van der Waals surface area contributed by atoms with Crippen LogP contribution in [0.15, 0.2) is 30.3 Å². The van der Waals surface area contributed by atoms with Crippen molar-refractivity contribution in [3.05, 3.63) is 41.5 Å². The van der Waals surface area contributed by atoms with Gasteiger partial charge in [-0.3, -0.25) is 4.79 Å². The molecule has 2 aromatic rings. The number of ether oxygens (including phenoxy) is 5. The Bertz CT molecular complexity index is 1050. The number of carbonyl (C=O) groups excluding carboxylic acids is 2. The van der Waals surface area contributed by atoms with Crippen molar-refractivity contribution in [3.8, 4) is 28.4 Å². The lowest BCUT2D eigenvalue weighted by Gasteiger charge is -2.20. The molecule has 2 aromatic carbocycles. The first-order chi connectivity index (χ1) is 15.4. The number of hydrogen-bond donors (Lipinski definition) is 0. The highest BCUT2D eigenvalue weighted by atomic mass is 16.6. The van der Waals surface area contributed by atoms with Crippen LogP contribution in [-0.4, -0.2) is 39.3 Å². The number of rotatable bonds is 8. The molecule has 1 aliphatic carbocycles. The van der Waals surface area contributed by atoms with Gasteiger partial charge in [-0.05, 0) is 49.6 Å². The number of hydrogen-bond acceptors (Lipinski definition) is 7. The van der Waals surface area contributed by atoms with Gasteiger partial charge < -0.3 is 23.7 Å². The molecule has 158 valence electrons. The van der Waals surface area contributed by atoms with E-state index in [1.54, 1.807) is 31.2 Å². The molecule has 0 amide bonds. The molecule has 0 saturated heterocycles. The van der Waals surface area contributed by atoms with E-state index in [2.05, 4.69) is 0 Å². The smallest absolute Gasteiger partial charge is 0.338 e. The minimum Gasteiger partial charge on any atom is -0.493 e. The summed E-state index contributed by atoms with van der Waals surface area (Å²) in [5.41, 5.74) is 2.01. The van der Waals surface area contributed by atoms with Crippen LogP contribution in [0.1, 0.15) is 38.4 Å². The Morgan fingerprint density at radius 2 is 1.97 bits per heavy atom. The highest BCUT2D eigenvalue weighted by molar-refractivity contribution is 5.94. The molecule has 0 atom stereocenters. The Labute approximate surface area is 177 Å². The van der Waals surface area contributed by atoms with Gasteiger partial charge in [0.25, 0.3) is 0 Å². The van der Waals surface area contributed by atoms with E-state index < -0.39 is 12.5 Å². The van der Waals surface area contributed by atoms with Gasteiger partial charge in [0.2, 0.25) is 5.75 Å². The lowest BCUT2D eigenvalue weighted by molar-refractivity contribution is -0.150. The molecule has 7 heteroatoms. The first-order valence-electron chi connectivity index (χ1n) is 10.9. The van der Waals surface area contributed by atoms with E-state index in [1.165, 1.54) is 7.11 Å². The second-order valence-electron chi connectivity index (χ2n) is 7.33. The van der Waals surface area contributed by atoms with Crippen LogP contribution >= 0.6 is 0 Å². The molecule has 30 heavy (non-hydrogen) atoms. The number of methoxy groups -OCH3 is 2. The standard InChI is InChI=1S/C23H24O7/c1-4-28-22(25)23(9-10-23)13-30-19-16(7-8-18(26-2)20(19)27-3)14-5-6-17-15(11-14)12-29-21(17)24/h5-8,11H,4,9-10,12-13H2,1-3H3/i2D2. The van der Waals surface area contributed by atoms with E-state index >= 15 is 0 Å². The molecule has 0 radical (unpaired) electrons. The van der Waals surface area contributed by atoms with Gasteiger partial charge in [-0.25, -0.2) is 4.79 Å². The minimum atomic E-state index is -1.56. The van der Waals surface area contributed by atoms with Gasteiger partial charge in [-0.15, -0.1) is 0 Å². The van der Waals surface area contributed by atoms with Gasteiger partial charge in [0.15, 0.2) is 11.5 Å². The molecule has 1 aliphatic heterocycles. The number of cyclic esters (lactones) is 1. The Hall–Kier alpha value is -3.22. The summed E-state index contributed by atoms with van der Waals surface area (Å²) in [6, 6.07) is 8.66. The summed E-state index contributed by atoms with van der Waals surface area (Å²) in [7, 11) is -0.116. The molecule has 4 rings (SSSR count). The summed E-state index contributed by atoms with van der Waals surface area (Å²) in [5.74, 6) is 0.0812. The minimum absolute atomic E-state index is 0.0936. The van der Waals surface area contributed by atoms with Crippen LogP contribution in [-0.2, 0) is 20.9 Å². The third-order valence-corrected chi connectivity index (χ3v) is 5.46. The second-order valence-corrected chi connectivity index (χ2v) is 7.33. The second kappa shape index (κ2) is 7.89. The molecule has 0 spiro atoms. The van der Waals surface area contributed by atoms with Crippen molar-refractivity contribution >= 4 is 11.9 Å². The van der Waals surface area contributed by atoms with Crippen molar-refractivity contribution < 1.29 is 36.0 Å². The van der Waals surface area contributed by atoms with Crippen LogP contribution in [0, 0.1) is 5.41 Å². The molecule has 0 N–H and O–H groups in total. The third-order valence-electron chi connectivity index (χ3n) is 5.46. The topological polar surface area (TPSA) is 80.3 Å². The van der Waals surface area contributed by atoms with Gasteiger partial charge in [0.1, 0.15) is 18.6 Å². The Kier molecular flexibility index (Phi) is 4.64. The highest BCUT2D eigenvalue weighted by Gasteiger charge is 2.52. The lowest BCUT2D eigenvalue weighted by Crippen LogP contribution is -2.26. The first kappa shape index (κ1) is 17.6. The Morgan fingerprint density at radius 3 is 2.67 bits per heavy atom. The summed E-state index contributed by atoms with van der Waals surface area (Å²) in [6.07, 6.45) is 1.33. The number of esters is 2. The molecule has 7 nitrogen and oxygen atoms in total. The van der Waals surface area contributed by atoms with Crippen LogP contribution in [0.2, 0.25) is 0 Å². The maximum absolute atomic E-state index is 12.4. The molecule has 1 fully saturated rings. The fourth-order valence-electron chi connectivity index (χ4n) is 3.55. The van der Waals surface area contributed by atoms with Gasteiger partial charge in [-0.1, -0.05) is 6.07 Å². The van der Waals surface area contributed by atoms with Crippen molar-refractivity contribution in [2.45, 2.75) is 26.4 Å². The van der Waals surface area contributed by atoms with E-state index in [-0.39, 0.29) is 36.7 Å². The van der Waals surface area contributed by atoms with E-state index in [0.717, 1.165) is 11.1 Å². The molecule has 0 bridgehead atoms. The normalized spacial score (nSPS) is 16.8. The van der Waals surface area contributed by atoms with Gasteiger partial charge >= 0.3 is 11.9 Å². The number of benzene rings is 2. The molecule has 0 unspecified atom stereocenters.